The summed E-state index contributed by atoms with van der Waals surface area (Å²) < 4.78 is 5.77. The molecule has 0 bridgehead atoms. The first-order valence-electron chi connectivity index (χ1n) is 7.19. The summed E-state index contributed by atoms with van der Waals surface area (Å²) in [5.41, 5.74) is 0. The Morgan fingerprint density at radius 3 is 2.78 bits per heavy atom. The van der Waals surface area contributed by atoms with Gasteiger partial charge >= 0.3 is 0 Å². The number of amides is 1. The highest BCUT2D eigenvalue weighted by Crippen LogP contribution is 2.19. The van der Waals surface area contributed by atoms with Crippen molar-refractivity contribution < 1.29 is 9.53 Å². The Morgan fingerprint density at radius 1 is 1.22 bits per heavy atom. The van der Waals surface area contributed by atoms with Crippen molar-refractivity contribution in [1.82, 2.24) is 16.0 Å². The summed E-state index contributed by atoms with van der Waals surface area (Å²) in [4.78, 5) is 11.8. The summed E-state index contributed by atoms with van der Waals surface area (Å²) in [6, 6.07) is -0.0894. The molecule has 0 aromatic rings. The molecule has 1 amide bonds. The van der Waals surface area contributed by atoms with Crippen LogP contribution in [0.25, 0.3) is 0 Å². The van der Waals surface area contributed by atoms with Crippen LogP contribution >= 0.6 is 0 Å². The molecule has 1 unspecified atom stereocenters. The number of ether oxygens (including phenoxy) is 1. The van der Waals surface area contributed by atoms with Crippen LogP contribution in [0.4, 0.5) is 0 Å². The second-order valence-electron chi connectivity index (χ2n) is 5.13. The third kappa shape index (κ3) is 4.55. The fourth-order valence-electron chi connectivity index (χ4n) is 2.59. The predicted molar refractivity (Wildman–Crippen MR) is 70.5 cm³/mol. The molecule has 3 N–H and O–H groups in total. The third-order valence-corrected chi connectivity index (χ3v) is 3.66. The van der Waals surface area contributed by atoms with Crippen LogP contribution in [0.1, 0.15) is 32.1 Å². The molecule has 1 aliphatic heterocycles. The number of piperazine rings is 1. The number of nitrogens with one attached hydrogen (secondary N) is 3. The van der Waals surface area contributed by atoms with Crippen molar-refractivity contribution in [2.24, 2.45) is 0 Å². The number of rotatable bonds is 5. The summed E-state index contributed by atoms with van der Waals surface area (Å²) in [7, 11) is 0. The summed E-state index contributed by atoms with van der Waals surface area (Å²) in [5.74, 6) is 0.0782. The van der Waals surface area contributed by atoms with E-state index in [-0.39, 0.29) is 11.9 Å². The van der Waals surface area contributed by atoms with Gasteiger partial charge in [0.05, 0.1) is 18.8 Å². The first-order chi connectivity index (χ1) is 8.86. The summed E-state index contributed by atoms with van der Waals surface area (Å²) in [6.45, 7) is 3.77. The van der Waals surface area contributed by atoms with Crippen LogP contribution in [0.15, 0.2) is 0 Å². The van der Waals surface area contributed by atoms with Gasteiger partial charge in [0.1, 0.15) is 0 Å². The van der Waals surface area contributed by atoms with E-state index in [0.717, 1.165) is 19.6 Å². The van der Waals surface area contributed by atoms with Gasteiger partial charge in [-0.15, -0.1) is 0 Å². The van der Waals surface area contributed by atoms with Crippen molar-refractivity contribution in [3.8, 4) is 0 Å². The molecule has 1 saturated heterocycles. The Morgan fingerprint density at radius 2 is 2.06 bits per heavy atom. The molecule has 1 saturated carbocycles. The van der Waals surface area contributed by atoms with Crippen molar-refractivity contribution in [3.63, 3.8) is 0 Å². The van der Waals surface area contributed by atoms with Gasteiger partial charge in [-0.05, 0) is 12.8 Å². The lowest BCUT2D eigenvalue weighted by molar-refractivity contribution is -0.123. The highest BCUT2D eigenvalue weighted by atomic mass is 16.5. The molecule has 0 aromatic carbocycles. The van der Waals surface area contributed by atoms with Gasteiger partial charge in [-0.3, -0.25) is 4.79 Å². The lowest BCUT2D eigenvalue weighted by Gasteiger charge is -2.24. The quantitative estimate of drug-likeness (QED) is 0.606. The maximum Gasteiger partial charge on any atom is 0.238 e. The first kappa shape index (κ1) is 13.8. The second-order valence-corrected chi connectivity index (χ2v) is 5.13. The molecule has 2 rings (SSSR count). The van der Waals surface area contributed by atoms with Gasteiger partial charge < -0.3 is 20.7 Å². The van der Waals surface area contributed by atoms with E-state index in [0.29, 0.717) is 19.3 Å². The van der Waals surface area contributed by atoms with Gasteiger partial charge in [0.2, 0.25) is 5.91 Å². The van der Waals surface area contributed by atoms with Crippen molar-refractivity contribution >= 4 is 5.91 Å². The Hall–Kier alpha value is -0.650. The van der Waals surface area contributed by atoms with Crippen molar-refractivity contribution in [1.29, 1.82) is 0 Å². The Kier molecular flexibility index (Phi) is 5.90. The molecule has 5 nitrogen and oxygen atoms in total. The van der Waals surface area contributed by atoms with Gasteiger partial charge in [0, 0.05) is 26.2 Å². The summed E-state index contributed by atoms with van der Waals surface area (Å²) >= 11 is 0. The van der Waals surface area contributed by atoms with E-state index in [1.165, 1.54) is 32.1 Å². The van der Waals surface area contributed by atoms with Crippen molar-refractivity contribution in [2.75, 3.05) is 32.8 Å². The zero-order chi connectivity index (χ0) is 12.6. The van der Waals surface area contributed by atoms with Gasteiger partial charge in [0.25, 0.3) is 0 Å². The van der Waals surface area contributed by atoms with Crippen LogP contribution in [-0.4, -0.2) is 50.8 Å². The van der Waals surface area contributed by atoms with Crippen LogP contribution in [0.2, 0.25) is 0 Å². The lowest BCUT2D eigenvalue weighted by atomic mass is 9.98. The molecule has 2 aliphatic rings. The van der Waals surface area contributed by atoms with Crippen LogP contribution in [0.3, 0.4) is 0 Å². The minimum absolute atomic E-state index is 0.0782. The van der Waals surface area contributed by atoms with Gasteiger partial charge in [-0.1, -0.05) is 19.3 Å². The zero-order valence-electron chi connectivity index (χ0n) is 11.0. The zero-order valence-corrected chi connectivity index (χ0v) is 11.0. The van der Waals surface area contributed by atoms with Crippen LogP contribution < -0.4 is 16.0 Å². The topological polar surface area (TPSA) is 62.4 Å². The minimum atomic E-state index is -0.0894. The maximum absolute atomic E-state index is 11.8. The number of carbonyl (C=O) groups is 1. The molecule has 0 radical (unpaired) electrons. The Balaban J connectivity index is 1.52. The van der Waals surface area contributed by atoms with Gasteiger partial charge in [-0.2, -0.15) is 0 Å². The second kappa shape index (κ2) is 7.71. The lowest BCUT2D eigenvalue weighted by Crippen LogP contribution is -2.56. The largest absolute Gasteiger partial charge is 0.376 e. The average Bonchev–Trinajstić information content (AvgIpc) is 2.45. The van der Waals surface area contributed by atoms with E-state index < -0.39 is 0 Å². The van der Waals surface area contributed by atoms with E-state index in [4.69, 9.17) is 4.74 Å². The normalized spacial score (nSPS) is 25.9. The fourth-order valence-corrected chi connectivity index (χ4v) is 2.59. The standard InChI is InChI=1S/C13H25N3O2/c17-13(12-10-14-6-7-15-12)16-8-9-18-11-4-2-1-3-5-11/h11-12,14-15H,1-10H2,(H,16,17). The SMILES string of the molecule is O=C(NCCOC1CCCCC1)C1CNCCN1. The molecule has 18 heavy (non-hydrogen) atoms. The molecular formula is C13H25N3O2. The predicted octanol–water partition coefficient (Wildman–Crippen LogP) is 0.0133. The molecule has 0 spiro atoms. The van der Waals surface area contributed by atoms with Crippen molar-refractivity contribution in [3.05, 3.63) is 0 Å². The molecule has 104 valence electrons. The van der Waals surface area contributed by atoms with Crippen LogP contribution in [-0.2, 0) is 9.53 Å². The fraction of sp³-hybridized carbons (Fsp3) is 0.923. The number of hydrogen-bond acceptors (Lipinski definition) is 4. The molecule has 5 heteroatoms. The third-order valence-electron chi connectivity index (χ3n) is 3.66. The van der Waals surface area contributed by atoms with Crippen molar-refractivity contribution in [2.45, 2.75) is 44.2 Å². The molecule has 1 aliphatic carbocycles. The van der Waals surface area contributed by atoms with E-state index in [1.807, 2.05) is 0 Å². The van der Waals surface area contributed by atoms with E-state index >= 15 is 0 Å². The molecule has 0 aromatic heterocycles. The van der Waals surface area contributed by atoms with E-state index in [1.54, 1.807) is 0 Å². The highest BCUT2D eigenvalue weighted by Gasteiger charge is 2.19. The molecule has 2 fully saturated rings. The minimum Gasteiger partial charge on any atom is -0.376 e. The molecular weight excluding hydrogens is 230 g/mol. The maximum atomic E-state index is 11.8. The number of hydrogen-bond donors (Lipinski definition) is 3. The monoisotopic (exact) mass is 255 g/mol. The Labute approximate surface area is 109 Å². The van der Waals surface area contributed by atoms with Crippen LogP contribution in [0, 0.1) is 0 Å². The average molecular weight is 255 g/mol. The smallest absolute Gasteiger partial charge is 0.238 e. The van der Waals surface area contributed by atoms with Crippen LogP contribution in [0.5, 0.6) is 0 Å². The van der Waals surface area contributed by atoms with E-state index in [9.17, 15) is 4.79 Å². The highest BCUT2D eigenvalue weighted by molar-refractivity contribution is 5.82. The molecule has 1 atom stereocenters. The summed E-state index contributed by atoms with van der Waals surface area (Å²) in [6.07, 6.45) is 6.70. The van der Waals surface area contributed by atoms with E-state index in [2.05, 4.69) is 16.0 Å². The van der Waals surface area contributed by atoms with Gasteiger partial charge in [-0.25, -0.2) is 0 Å². The first-order valence-corrected chi connectivity index (χ1v) is 7.19. The summed E-state index contributed by atoms with van der Waals surface area (Å²) in [5, 5.41) is 9.32. The Bertz CT molecular complexity index is 249. The number of carbonyl (C=O) groups excluding carboxylic acids is 1. The molecule has 1 heterocycles. The van der Waals surface area contributed by atoms with Gasteiger partial charge in [0.15, 0.2) is 0 Å².